The molecule has 0 N–H and O–H groups in total. The molecule has 0 amide bonds. The van der Waals surface area contributed by atoms with Crippen LogP contribution in [0.3, 0.4) is 0 Å². The highest BCUT2D eigenvalue weighted by atomic mass is 35.5. The van der Waals surface area contributed by atoms with Crippen LogP contribution in [0.4, 0.5) is 0 Å². The number of aryl methyl sites for hydroxylation is 2. The van der Waals surface area contributed by atoms with Crippen LogP contribution in [-0.2, 0) is 0 Å². The average molecular weight is 220 g/mol. The molecular weight excluding hydrogens is 206 g/mol. The third kappa shape index (κ3) is 5.18. The Labute approximate surface area is 95.7 Å². The molecule has 0 saturated heterocycles. The highest BCUT2D eigenvalue weighted by molar-refractivity contribution is 6.30. The van der Waals surface area contributed by atoms with E-state index in [0.29, 0.717) is 5.02 Å². The lowest BCUT2D eigenvalue weighted by atomic mass is 10.2. The molecule has 0 atom stereocenters. The van der Waals surface area contributed by atoms with Crippen molar-refractivity contribution in [2.75, 3.05) is 0 Å². The molecule has 2 heteroatoms. The number of nitrogens with zero attached hydrogens (tertiary/aromatic N) is 1. The summed E-state index contributed by atoms with van der Waals surface area (Å²) in [5, 5.41) is 0.699. The number of pyridine rings is 1. The van der Waals surface area contributed by atoms with Crippen molar-refractivity contribution in [1.29, 1.82) is 0 Å². The van der Waals surface area contributed by atoms with Crippen molar-refractivity contribution >= 4 is 11.6 Å². The Morgan fingerprint density at radius 1 is 0.933 bits per heavy atom. The van der Waals surface area contributed by atoms with E-state index in [9.17, 15) is 0 Å². The summed E-state index contributed by atoms with van der Waals surface area (Å²) in [5.41, 5.74) is 2.42. The van der Waals surface area contributed by atoms with Gasteiger partial charge >= 0.3 is 0 Å². The van der Waals surface area contributed by atoms with Gasteiger partial charge in [-0.2, -0.15) is 0 Å². The SMILES string of the molecule is Cc1ccccc1.Cc1cncc(Cl)c1. The zero-order chi connectivity index (χ0) is 11.1. The Morgan fingerprint density at radius 2 is 1.60 bits per heavy atom. The van der Waals surface area contributed by atoms with Gasteiger partial charge in [-0.15, -0.1) is 0 Å². The van der Waals surface area contributed by atoms with Gasteiger partial charge in [0.05, 0.1) is 5.02 Å². The van der Waals surface area contributed by atoms with E-state index in [4.69, 9.17) is 11.6 Å². The fraction of sp³-hybridized carbons (Fsp3) is 0.154. The van der Waals surface area contributed by atoms with E-state index in [1.807, 2.05) is 31.2 Å². The van der Waals surface area contributed by atoms with E-state index >= 15 is 0 Å². The van der Waals surface area contributed by atoms with Crippen LogP contribution >= 0.6 is 11.6 Å². The second kappa shape index (κ2) is 6.20. The summed E-state index contributed by atoms with van der Waals surface area (Å²) in [6, 6.07) is 12.1. The molecule has 2 rings (SSSR count). The summed E-state index contributed by atoms with van der Waals surface area (Å²) in [7, 11) is 0. The van der Waals surface area contributed by atoms with Gasteiger partial charge < -0.3 is 0 Å². The van der Waals surface area contributed by atoms with E-state index in [2.05, 4.69) is 24.0 Å². The Morgan fingerprint density at radius 3 is 1.93 bits per heavy atom. The first-order valence-electron chi connectivity index (χ1n) is 4.77. The molecule has 0 aliphatic rings. The van der Waals surface area contributed by atoms with E-state index in [1.54, 1.807) is 12.4 Å². The van der Waals surface area contributed by atoms with Crippen molar-refractivity contribution < 1.29 is 0 Å². The molecule has 2 aromatic rings. The van der Waals surface area contributed by atoms with Gasteiger partial charge in [0.1, 0.15) is 0 Å². The quantitative estimate of drug-likeness (QED) is 0.652. The van der Waals surface area contributed by atoms with Crippen molar-refractivity contribution in [2.24, 2.45) is 0 Å². The minimum Gasteiger partial charge on any atom is -0.263 e. The van der Waals surface area contributed by atoms with E-state index in [-0.39, 0.29) is 0 Å². The topological polar surface area (TPSA) is 12.9 Å². The van der Waals surface area contributed by atoms with E-state index in [1.165, 1.54) is 5.56 Å². The Kier molecular flexibility index (Phi) is 4.85. The summed E-state index contributed by atoms with van der Waals surface area (Å²) in [6.07, 6.45) is 3.39. The lowest BCUT2D eigenvalue weighted by Gasteiger charge is -1.88. The number of hydrogen-bond donors (Lipinski definition) is 0. The molecule has 0 unspecified atom stereocenters. The van der Waals surface area contributed by atoms with Crippen molar-refractivity contribution in [1.82, 2.24) is 4.98 Å². The molecule has 78 valence electrons. The highest BCUT2D eigenvalue weighted by Crippen LogP contribution is 2.05. The Bertz CT molecular complexity index is 381. The second-order valence-electron chi connectivity index (χ2n) is 3.34. The molecule has 1 heterocycles. The molecular formula is C13H14ClN. The summed E-state index contributed by atoms with van der Waals surface area (Å²) >= 11 is 5.58. The smallest absolute Gasteiger partial charge is 0.0591 e. The molecule has 15 heavy (non-hydrogen) atoms. The predicted molar refractivity (Wildman–Crippen MR) is 65.2 cm³/mol. The van der Waals surface area contributed by atoms with Crippen LogP contribution in [0.1, 0.15) is 11.1 Å². The standard InChI is InChI=1S/C7H8.C6H6ClN/c1-7-5-3-2-4-6-7;1-5-2-6(7)4-8-3-5/h2-6H,1H3;2-4H,1H3. The molecule has 1 aromatic carbocycles. The zero-order valence-electron chi connectivity index (χ0n) is 8.94. The Balaban J connectivity index is 0.000000151. The number of rotatable bonds is 0. The molecule has 0 saturated carbocycles. The van der Waals surface area contributed by atoms with Crippen molar-refractivity contribution in [3.05, 3.63) is 64.9 Å². The van der Waals surface area contributed by atoms with Crippen molar-refractivity contribution in [3.63, 3.8) is 0 Å². The van der Waals surface area contributed by atoms with Gasteiger partial charge in [0, 0.05) is 12.4 Å². The van der Waals surface area contributed by atoms with Gasteiger partial charge in [0.2, 0.25) is 0 Å². The molecule has 0 spiro atoms. The summed E-state index contributed by atoms with van der Waals surface area (Å²) in [4.78, 5) is 3.85. The fourth-order valence-electron chi connectivity index (χ4n) is 1.05. The zero-order valence-corrected chi connectivity index (χ0v) is 9.70. The first-order valence-corrected chi connectivity index (χ1v) is 5.15. The normalized spacial score (nSPS) is 9.00. The van der Waals surface area contributed by atoms with Crippen molar-refractivity contribution in [2.45, 2.75) is 13.8 Å². The lowest BCUT2D eigenvalue weighted by Crippen LogP contribution is -1.73. The van der Waals surface area contributed by atoms with Gasteiger partial charge in [0.25, 0.3) is 0 Å². The second-order valence-corrected chi connectivity index (χ2v) is 3.77. The summed E-state index contributed by atoms with van der Waals surface area (Å²) in [6.45, 7) is 4.04. The number of halogens is 1. The summed E-state index contributed by atoms with van der Waals surface area (Å²) < 4.78 is 0. The Hall–Kier alpha value is -1.34. The largest absolute Gasteiger partial charge is 0.263 e. The third-order valence-electron chi connectivity index (χ3n) is 1.78. The lowest BCUT2D eigenvalue weighted by molar-refractivity contribution is 1.27. The molecule has 0 aliphatic carbocycles. The third-order valence-corrected chi connectivity index (χ3v) is 1.99. The molecule has 0 radical (unpaired) electrons. The van der Waals surface area contributed by atoms with E-state index in [0.717, 1.165) is 5.56 Å². The maximum absolute atomic E-state index is 5.58. The monoisotopic (exact) mass is 219 g/mol. The van der Waals surface area contributed by atoms with Crippen LogP contribution in [-0.4, -0.2) is 4.98 Å². The fourth-order valence-corrected chi connectivity index (χ4v) is 1.28. The van der Waals surface area contributed by atoms with Crippen LogP contribution in [0.25, 0.3) is 0 Å². The van der Waals surface area contributed by atoms with Gasteiger partial charge in [-0.3, -0.25) is 4.98 Å². The minimum absolute atomic E-state index is 0.699. The molecule has 0 fully saturated rings. The van der Waals surface area contributed by atoms with Gasteiger partial charge in [-0.25, -0.2) is 0 Å². The minimum atomic E-state index is 0.699. The molecule has 1 aromatic heterocycles. The highest BCUT2D eigenvalue weighted by Gasteiger charge is 1.84. The van der Waals surface area contributed by atoms with Crippen LogP contribution < -0.4 is 0 Å². The van der Waals surface area contributed by atoms with Crippen LogP contribution in [0, 0.1) is 13.8 Å². The molecule has 0 aliphatic heterocycles. The predicted octanol–water partition coefficient (Wildman–Crippen LogP) is 4.04. The van der Waals surface area contributed by atoms with Gasteiger partial charge in [-0.1, -0.05) is 47.5 Å². The van der Waals surface area contributed by atoms with Crippen LogP contribution in [0.15, 0.2) is 48.8 Å². The first kappa shape index (κ1) is 11.7. The maximum Gasteiger partial charge on any atom is 0.0591 e. The number of benzene rings is 1. The summed E-state index contributed by atoms with van der Waals surface area (Å²) in [5.74, 6) is 0. The van der Waals surface area contributed by atoms with Crippen LogP contribution in [0.2, 0.25) is 5.02 Å². The molecule has 0 bridgehead atoms. The van der Waals surface area contributed by atoms with Crippen molar-refractivity contribution in [3.8, 4) is 0 Å². The van der Waals surface area contributed by atoms with Crippen LogP contribution in [0.5, 0.6) is 0 Å². The number of hydrogen-bond acceptors (Lipinski definition) is 1. The first-order chi connectivity index (χ1) is 7.18. The molecule has 1 nitrogen and oxygen atoms in total. The average Bonchev–Trinajstić information content (AvgIpc) is 2.19. The number of aromatic nitrogens is 1. The van der Waals surface area contributed by atoms with Gasteiger partial charge in [0.15, 0.2) is 0 Å². The van der Waals surface area contributed by atoms with Gasteiger partial charge in [-0.05, 0) is 25.5 Å². The van der Waals surface area contributed by atoms with E-state index < -0.39 is 0 Å². The maximum atomic E-state index is 5.58.